The van der Waals surface area contributed by atoms with Crippen LogP contribution < -0.4 is 10.6 Å². The minimum atomic E-state index is -0.741. The first-order valence-electron chi connectivity index (χ1n) is 7.46. The van der Waals surface area contributed by atoms with Crippen molar-refractivity contribution in [3.05, 3.63) is 35.4 Å². The molecule has 0 spiro atoms. The highest BCUT2D eigenvalue weighted by Crippen LogP contribution is 2.28. The lowest BCUT2D eigenvalue weighted by Crippen LogP contribution is -2.87. The third-order valence-corrected chi connectivity index (χ3v) is 4.16. The molecule has 118 valence electrons. The molecule has 4 nitrogen and oxygen atoms in total. The van der Waals surface area contributed by atoms with E-state index in [2.05, 4.69) is 11.4 Å². The summed E-state index contributed by atoms with van der Waals surface area (Å²) in [7, 11) is 0. The van der Waals surface area contributed by atoms with Gasteiger partial charge < -0.3 is 10.6 Å². The molecule has 1 aromatic carbocycles. The second kappa shape index (κ2) is 6.84. The topological polar surface area (TPSA) is 69.5 Å². The molecule has 1 aromatic rings. The summed E-state index contributed by atoms with van der Waals surface area (Å²) in [4.78, 5) is 12.0. The Balaban J connectivity index is 1.89. The van der Waals surface area contributed by atoms with Gasteiger partial charge in [-0.1, -0.05) is 0 Å². The van der Waals surface area contributed by atoms with Crippen molar-refractivity contribution in [2.75, 3.05) is 6.54 Å². The number of carbonyl (C=O) groups excluding carboxylic acids is 1. The zero-order valence-corrected chi connectivity index (χ0v) is 12.5. The number of hydrogen-bond acceptors (Lipinski definition) is 2. The predicted molar refractivity (Wildman–Crippen MR) is 76.5 cm³/mol. The quantitative estimate of drug-likeness (QED) is 0.866. The van der Waals surface area contributed by atoms with Crippen LogP contribution >= 0.6 is 0 Å². The van der Waals surface area contributed by atoms with Crippen LogP contribution in [0.4, 0.5) is 8.78 Å². The number of nitrogens with one attached hydrogen (secondary N) is 1. The summed E-state index contributed by atoms with van der Waals surface area (Å²) in [5.74, 6) is -1.48. The molecule has 1 fully saturated rings. The Morgan fingerprint density at radius 1 is 1.45 bits per heavy atom. The van der Waals surface area contributed by atoms with Gasteiger partial charge in [0.15, 0.2) is 6.54 Å². The van der Waals surface area contributed by atoms with E-state index in [9.17, 15) is 18.8 Å². The number of amides is 1. The standard InChI is InChI=1S/C16H19F2N3O/c1-11(13-5-4-12(17)8-14(13)18)20-9-15(22)21-16(10-19)6-2-3-7-16/h4-5,8,11,20H,2-3,6-7,9H2,1H3,(H,21,22)/p+1/t11-/m0/s1. The lowest BCUT2D eigenvalue weighted by Gasteiger charge is -2.22. The van der Waals surface area contributed by atoms with Crippen molar-refractivity contribution in [1.29, 1.82) is 5.26 Å². The van der Waals surface area contributed by atoms with Crippen LogP contribution in [0.15, 0.2) is 18.2 Å². The summed E-state index contributed by atoms with van der Waals surface area (Å²) in [6, 6.07) is 5.31. The van der Waals surface area contributed by atoms with Crippen molar-refractivity contribution in [2.24, 2.45) is 0 Å². The van der Waals surface area contributed by atoms with Crippen molar-refractivity contribution in [2.45, 2.75) is 44.2 Å². The minimum Gasteiger partial charge on any atom is -0.333 e. The maximum atomic E-state index is 13.7. The zero-order valence-electron chi connectivity index (χ0n) is 12.5. The number of nitrogens with two attached hydrogens (primary N) is 1. The number of quaternary nitrogens is 1. The van der Waals surface area contributed by atoms with Gasteiger partial charge in [0.2, 0.25) is 0 Å². The second-order valence-corrected chi connectivity index (χ2v) is 5.84. The fraction of sp³-hybridized carbons (Fsp3) is 0.500. The van der Waals surface area contributed by atoms with Gasteiger partial charge >= 0.3 is 0 Å². The molecule has 0 bridgehead atoms. The molecule has 22 heavy (non-hydrogen) atoms. The Labute approximate surface area is 128 Å². The lowest BCUT2D eigenvalue weighted by atomic mass is 10.00. The van der Waals surface area contributed by atoms with E-state index in [4.69, 9.17) is 0 Å². The van der Waals surface area contributed by atoms with Crippen LogP contribution in [0.5, 0.6) is 0 Å². The average molecular weight is 308 g/mol. The summed E-state index contributed by atoms with van der Waals surface area (Å²) in [6.07, 6.45) is 3.23. The summed E-state index contributed by atoms with van der Waals surface area (Å²) in [5.41, 5.74) is -0.389. The second-order valence-electron chi connectivity index (χ2n) is 5.84. The van der Waals surface area contributed by atoms with Gasteiger partial charge in [-0.3, -0.25) is 4.79 Å². The third kappa shape index (κ3) is 3.80. The maximum absolute atomic E-state index is 13.7. The molecule has 0 radical (unpaired) electrons. The van der Waals surface area contributed by atoms with E-state index < -0.39 is 17.2 Å². The Morgan fingerprint density at radius 2 is 2.14 bits per heavy atom. The van der Waals surface area contributed by atoms with Gasteiger partial charge in [0.05, 0.1) is 6.07 Å². The number of benzene rings is 1. The molecule has 0 unspecified atom stereocenters. The van der Waals surface area contributed by atoms with Crippen LogP contribution in [-0.2, 0) is 4.79 Å². The largest absolute Gasteiger partial charge is 0.333 e. The van der Waals surface area contributed by atoms with Crippen molar-refractivity contribution in [1.82, 2.24) is 5.32 Å². The van der Waals surface area contributed by atoms with Crippen LogP contribution in [0.3, 0.4) is 0 Å². The average Bonchev–Trinajstić information content (AvgIpc) is 2.94. The van der Waals surface area contributed by atoms with Gasteiger partial charge in [0, 0.05) is 11.6 Å². The molecule has 1 aliphatic rings. The van der Waals surface area contributed by atoms with Crippen LogP contribution in [0.25, 0.3) is 0 Å². The lowest BCUT2D eigenvalue weighted by molar-refractivity contribution is -0.682. The van der Waals surface area contributed by atoms with Gasteiger partial charge in [-0.2, -0.15) is 5.26 Å². The Morgan fingerprint density at radius 3 is 2.73 bits per heavy atom. The van der Waals surface area contributed by atoms with Crippen molar-refractivity contribution < 1.29 is 18.9 Å². The number of rotatable bonds is 5. The first-order chi connectivity index (χ1) is 10.5. The van der Waals surface area contributed by atoms with Crippen molar-refractivity contribution in [3.63, 3.8) is 0 Å². The van der Waals surface area contributed by atoms with E-state index in [0.717, 1.165) is 18.9 Å². The maximum Gasteiger partial charge on any atom is 0.276 e. The first-order valence-corrected chi connectivity index (χ1v) is 7.46. The fourth-order valence-corrected chi connectivity index (χ4v) is 2.84. The van der Waals surface area contributed by atoms with E-state index >= 15 is 0 Å². The van der Waals surface area contributed by atoms with E-state index in [-0.39, 0.29) is 18.5 Å². The van der Waals surface area contributed by atoms with Gasteiger partial charge in [-0.15, -0.1) is 0 Å². The van der Waals surface area contributed by atoms with Gasteiger partial charge in [-0.25, -0.2) is 8.78 Å². The Hall–Kier alpha value is -2.00. The number of carbonyl (C=O) groups is 1. The monoisotopic (exact) mass is 308 g/mol. The van der Waals surface area contributed by atoms with Crippen molar-refractivity contribution in [3.8, 4) is 6.07 Å². The van der Waals surface area contributed by atoms with Crippen molar-refractivity contribution >= 4 is 5.91 Å². The Kier molecular flexibility index (Phi) is 5.09. The first kappa shape index (κ1) is 16.4. The van der Waals surface area contributed by atoms with Crippen LogP contribution in [-0.4, -0.2) is 18.0 Å². The summed E-state index contributed by atoms with van der Waals surface area (Å²) in [5, 5.41) is 13.7. The zero-order chi connectivity index (χ0) is 16.2. The molecule has 0 heterocycles. The number of halogens is 2. The third-order valence-electron chi connectivity index (χ3n) is 4.16. The number of nitriles is 1. The molecule has 3 N–H and O–H groups in total. The minimum absolute atomic E-state index is 0.0986. The molecule has 1 amide bonds. The highest BCUT2D eigenvalue weighted by Gasteiger charge is 2.35. The Bertz CT molecular complexity index is 592. The molecule has 1 atom stereocenters. The number of hydrogen-bond donors (Lipinski definition) is 2. The molecule has 1 aliphatic carbocycles. The van der Waals surface area contributed by atoms with E-state index in [1.165, 1.54) is 12.1 Å². The van der Waals surface area contributed by atoms with E-state index in [0.29, 0.717) is 18.4 Å². The smallest absolute Gasteiger partial charge is 0.276 e. The normalized spacial score (nSPS) is 17.7. The van der Waals surface area contributed by atoms with Gasteiger partial charge in [0.1, 0.15) is 23.2 Å². The molecule has 1 saturated carbocycles. The van der Waals surface area contributed by atoms with Crippen LogP contribution in [0.2, 0.25) is 0 Å². The number of nitrogens with zero attached hydrogens (tertiary/aromatic N) is 1. The molecule has 2 rings (SSSR count). The van der Waals surface area contributed by atoms with E-state index in [1.807, 2.05) is 0 Å². The summed E-state index contributed by atoms with van der Waals surface area (Å²) >= 11 is 0. The predicted octanol–water partition coefficient (Wildman–Crippen LogP) is 1.54. The van der Waals surface area contributed by atoms with Crippen LogP contribution in [0.1, 0.15) is 44.2 Å². The molecule has 0 aliphatic heterocycles. The van der Waals surface area contributed by atoms with Crippen LogP contribution in [0, 0.1) is 23.0 Å². The molecule has 0 saturated heterocycles. The molecule has 0 aromatic heterocycles. The summed E-state index contributed by atoms with van der Waals surface area (Å²) in [6.45, 7) is 1.85. The van der Waals surface area contributed by atoms with E-state index in [1.54, 1.807) is 12.2 Å². The molecular formula is C16H20F2N3O+. The SMILES string of the molecule is C[C@H]([NH2+]CC(=O)NC1(C#N)CCCC1)c1ccc(F)cc1F. The van der Waals surface area contributed by atoms with Gasteiger partial charge in [0.25, 0.3) is 5.91 Å². The molecular weight excluding hydrogens is 288 g/mol. The summed E-state index contributed by atoms with van der Waals surface area (Å²) < 4.78 is 26.6. The molecule has 6 heteroatoms. The van der Waals surface area contributed by atoms with Gasteiger partial charge in [-0.05, 0) is 44.7 Å². The highest BCUT2D eigenvalue weighted by molar-refractivity contribution is 5.78. The highest BCUT2D eigenvalue weighted by atomic mass is 19.1. The fourth-order valence-electron chi connectivity index (χ4n) is 2.84.